The quantitative estimate of drug-likeness (QED) is 0.107. The fraction of sp³-hybridized carbons (Fsp3) is 0.762. The molecule has 0 amide bonds. The molecule has 0 spiro atoms. The predicted octanol–water partition coefficient (Wildman–Crippen LogP) is -4.60. The third-order valence-corrected chi connectivity index (χ3v) is 7.15. The van der Waals surface area contributed by atoms with Gasteiger partial charge in [-0.05, 0) is 6.92 Å². The number of fused-ring (bicyclic) bond motifs is 1. The van der Waals surface area contributed by atoms with E-state index < -0.39 is 94.6 Å². The number of imidazole rings is 1. The molecular formula is C21H34N5O14P. The lowest BCUT2D eigenvalue weighted by atomic mass is 9.96. The number of hydrogen-bond acceptors (Lipinski definition) is 16. The van der Waals surface area contributed by atoms with Gasteiger partial charge in [-0.15, -0.1) is 0 Å². The molecule has 2 aromatic heterocycles. The molecule has 41 heavy (non-hydrogen) atoms. The lowest BCUT2D eigenvalue weighted by Gasteiger charge is -2.46. The minimum atomic E-state index is -4.35. The molecule has 232 valence electrons. The zero-order chi connectivity index (χ0) is 30.1. The Balaban J connectivity index is 1.46. The fourth-order valence-corrected chi connectivity index (χ4v) is 4.97. The van der Waals surface area contributed by atoms with E-state index in [1.54, 1.807) is 11.5 Å². The highest BCUT2D eigenvalue weighted by atomic mass is 31.2. The lowest BCUT2D eigenvalue weighted by molar-refractivity contribution is -0.340. The summed E-state index contributed by atoms with van der Waals surface area (Å²) < 4.78 is 34.4. The fourth-order valence-electron chi connectivity index (χ4n) is 4.52. The van der Waals surface area contributed by atoms with Crippen LogP contribution in [0, 0.1) is 0 Å². The second kappa shape index (κ2) is 13.1. The number of ether oxygens (including phenoxy) is 4. The number of aliphatic hydroxyl groups is 7. The van der Waals surface area contributed by atoms with Crippen LogP contribution >= 0.6 is 7.60 Å². The maximum atomic E-state index is 11.1. The van der Waals surface area contributed by atoms with Gasteiger partial charge in [-0.2, -0.15) is 0 Å². The van der Waals surface area contributed by atoms with Crippen molar-refractivity contribution in [1.82, 2.24) is 19.5 Å². The van der Waals surface area contributed by atoms with Crippen LogP contribution < -0.4 is 5.32 Å². The molecule has 10 N–H and O–H groups in total. The van der Waals surface area contributed by atoms with Gasteiger partial charge in [-0.3, -0.25) is 4.57 Å². The molecule has 2 saturated heterocycles. The first-order chi connectivity index (χ1) is 19.3. The van der Waals surface area contributed by atoms with E-state index in [-0.39, 0.29) is 17.9 Å². The van der Waals surface area contributed by atoms with Crippen molar-refractivity contribution in [3.63, 3.8) is 0 Å². The minimum absolute atomic E-state index is 0.0822. The van der Waals surface area contributed by atoms with Crippen molar-refractivity contribution in [2.45, 2.75) is 80.9 Å². The van der Waals surface area contributed by atoms with Gasteiger partial charge in [0.2, 0.25) is 0 Å². The van der Waals surface area contributed by atoms with Crippen molar-refractivity contribution in [1.29, 1.82) is 0 Å². The Morgan fingerprint density at radius 2 is 1.68 bits per heavy atom. The zero-order valence-corrected chi connectivity index (χ0v) is 22.5. The van der Waals surface area contributed by atoms with E-state index in [1.165, 1.54) is 12.7 Å². The summed E-state index contributed by atoms with van der Waals surface area (Å²) in [7, 11) is -4.35. The van der Waals surface area contributed by atoms with Crippen molar-refractivity contribution in [2.24, 2.45) is 0 Å². The van der Waals surface area contributed by atoms with E-state index in [0.29, 0.717) is 5.65 Å². The summed E-state index contributed by atoms with van der Waals surface area (Å²) in [5.41, 5.74) is 0.530. The largest absolute Gasteiger partial charge is 0.394 e. The van der Waals surface area contributed by atoms with Gasteiger partial charge in [0.05, 0.1) is 32.2 Å². The molecule has 20 heteroatoms. The number of hydrogen-bond donors (Lipinski definition) is 10. The second-order valence-corrected chi connectivity index (χ2v) is 11.4. The summed E-state index contributed by atoms with van der Waals surface area (Å²) in [5.74, 6) is 0.0822. The summed E-state index contributed by atoms with van der Waals surface area (Å²) in [5, 5.41) is 74.0. The average Bonchev–Trinajstić information content (AvgIpc) is 3.34. The molecule has 0 aliphatic carbocycles. The molecule has 19 nitrogen and oxygen atoms in total. The highest BCUT2D eigenvalue weighted by molar-refractivity contribution is 7.51. The molecule has 4 rings (SSSR count). The van der Waals surface area contributed by atoms with E-state index in [9.17, 15) is 40.3 Å². The van der Waals surface area contributed by atoms with Gasteiger partial charge in [0.15, 0.2) is 24.0 Å². The standard InChI is InChI=1S/C21H34N5O14P/c1-8(37-7-41(34,35)36)2-26-6-24-11-18(22-5-23-19(11)26)25-20-15(32)14(31)17(10(4-28)38-20)40-21-16(33)13(30)12(29)9(3-27)39-21/h5-6,8-10,12-17,20-21,27-33H,2-4,7H2,1H3,(H,22,23,25)(H2,34,35,36)/t8-,9-,10-,12+,13?,14+,15-,16-,17-,20+,21+/m1/s1. The zero-order valence-electron chi connectivity index (χ0n) is 21.6. The van der Waals surface area contributed by atoms with Gasteiger partial charge in [-0.1, -0.05) is 0 Å². The molecule has 2 aliphatic heterocycles. The third kappa shape index (κ3) is 7.17. The smallest absolute Gasteiger partial charge is 0.350 e. The van der Waals surface area contributed by atoms with Crippen LogP contribution in [-0.4, -0.2) is 152 Å². The first-order valence-corrected chi connectivity index (χ1v) is 14.3. The van der Waals surface area contributed by atoms with Crippen LogP contribution in [0.3, 0.4) is 0 Å². The number of aromatic nitrogens is 4. The number of rotatable bonds is 11. The SMILES string of the molecule is C[C@H](Cn1cnc2c(N[C@H]3O[C@H](CO)[C@@H](O[C@@H]4O[C@H](CO)[C@H](O)C(O)[C@H]4O)[C@@H](O)[C@H]3O)ncnc21)OCP(=O)(O)O. The van der Waals surface area contributed by atoms with Crippen LogP contribution in [0.15, 0.2) is 12.7 Å². The maximum Gasteiger partial charge on any atom is 0.350 e. The maximum absolute atomic E-state index is 11.1. The van der Waals surface area contributed by atoms with Crippen LogP contribution in [0.1, 0.15) is 6.92 Å². The summed E-state index contributed by atoms with van der Waals surface area (Å²) in [4.78, 5) is 30.5. The highest BCUT2D eigenvalue weighted by Gasteiger charge is 2.50. The van der Waals surface area contributed by atoms with Crippen molar-refractivity contribution in [2.75, 3.05) is 24.9 Å². The Hall–Kier alpha value is -1.94. The van der Waals surface area contributed by atoms with Gasteiger partial charge < -0.3 is 74.4 Å². The molecule has 0 bridgehead atoms. The van der Waals surface area contributed by atoms with E-state index in [0.717, 1.165) is 0 Å². The molecule has 0 saturated carbocycles. The van der Waals surface area contributed by atoms with Crippen LogP contribution in [0.2, 0.25) is 0 Å². The summed E-state index contributed by atoms with van der Waals surface area (Å²) in [6.07, 6.45) is -14.5. The Labute approximate surface area is 232 Å². The normalized spacial score (nSPS) is 35.5. The predicted molar refractivity (Wildman–Crippen MR) is 133 cm³/mol. The van der Waals surface area contributed by atoms with Crippen LogP contribution in [0.4, 0.5) is 5.82 Å². The molecule has 2 aliphatic rings. The molecule has 2 aromatic rings. The van der Waals surface area contributed by atoms with Gasteiger partial charge in [-0.25, -0.2) is 15.0 Å². The lowest BCUT2D eigenvalue weighted by Crippen LogP contribution is -2.65. The number of aliphatic hydroxyl groups excluding tert-OH is 7. The van der Waals surface area contributed by atoms with Gasteiger partial charge in [0, 0.05) is 0 Å². The second-order valence-electron chi connectivity index (χ2n) is 9.76. The van der Waals surface area contributed by atoms with Crippen molar-refractivity contribution >= 4 is 24.6 Å². The molecule has 4 heterocycles. The molecule has 0 aromatic carbocycles. The van der Waals surface area contributed by atoms with Crippen LogP contribution in [-0.2, 0) is 30.1 Å². The number of anilines is 1. The van der Waals surface area contributed by atoms with Gasteiger partial charge in [0.25, 0.3) is 0 Å². The van der Waals surface area contributed by atoms with E-state index >= 15 is 0 Å². The Morgan fingerprint density at radius 3 is 2.34 bits per heavy atom. The topological polar surface area (TPSA) is 292 Å². The summed E-state index contributed by atoms with van der Waals surface area (Å²) in [6, 6.07) is 0. The highest BCUT2D eigenvalue weighted by Crippen LogP contribution is 2.34. The Morgan fingerprint density at radius 1 is 0.976 bits per heavy atom. The third-order valence-electron chi connectivity index (χ3n) is 6.67. The van der Waals surface area contributed by atoms with Crippen molar-refractivity contribution < 1.29 is 69.0 Å². The molecule has 11 atom stereocenters. The van der Waals surface area contributed by atoms with Crippen molar-refractivity contribution in [3.05, 3.63) is 12.7 Å². The molecular weight excluding hydrogens is 577 g/mol. The molecule has 2 fully saturated rings. The van der Waals surface area contributed by atoms with E-state index in [4.69, 9.17) is 28.7 Å². The molecule has 0 radical (unpaired) electrons. The molecule has 1 unspecified atom stereocenters. The van der Waals surface area contributed by atoms with Crippen LogP contribution in [0.25, 0.3) is 11.2 Å². The average molecular weight is 611 g/mol. The van der Waals surface area contributed by atoms with Gasteiger partial charge in [0.1, 0.15) is 67.0 Å². The van der Waals surface area contributed by atoms with E-state index in [2.05, 4.69) is 20.3 Å². The first kappa shape index (κ1) is 32.0. The number of nitrogens with one attached hydrogen (secondary N) is 1. The van der Waals surface area contributed by atoms with Crippen LogP contribution in [0.5, 0.6) is 0 Å². The summed E-state index contributed by atoms with van der Waals surface area (Å²) >= 11 is 0. The Bertz CT molecular complexity index is 1200. The first-order valence-electron chi connectivity index (χ1n) is 12.5. The monoisotopic (exact) mass is 611 g/mol. The Kier molecular flexibility index (Phi) is 10.3. The van der Waals surface area contributed by atoms with Gasteiger partial charge >= 0.3 is 7.60 Å². The van der Waals surface area contributed by atoms with E-state index in [1.807, 2.05) is 0 Å². The van der Waals surface area contributed by atoms with Crippen molar-refractivity contribution in [3.8, 4) is 0 Å². The minimum Gasteiger partial charge on any atom is -0.394 e. The summed E-state index contributed by atoms with van der Waals surface area (Å²) in [6.45, 7) is 0.310. The number of nitrogens with zero attached hydrogens (tertiary/aromatic N) is 4.